The summed E-state index contributed by atoms with van der Waals surface area (Å²) in [5, 5.41) is 0. The second kappa shape index (κ2) is 3.79. The van der Waals surface area contributed by atoms with Crippen LogP contribution in [0.5, 0.6) is 0 Å². The zero-order valence-electron chi connectivity index (χ0n) is 15.3. The smallest absolute Gasteiger partial charge is 0.334 e. The van der Waals surface area contributed by atoms with Gasteiger partial charge in [0.15, 0.2) is 11.2 Å². The quantitative estimate of drug-likeness (QED) is 0.541. The third-order valence-electron chi connectivity index (χ3n) is 9.33. The van der Waals surface area contributed by atoms with Gasteiger partial charge in [-0.1, -0.05) is 19.8 Å². The number of epoxide rings is 3. The summed E-state index contributed by atoms with van der Waals surface area (Å²) in [5.74, 6) is 0.847. The van der Waals surface area contributed by atoms with Crippen molar-refractivity contribution < 1.29 is 28.5 Å². The molecule has 0 aromatic rings. The Bertz CT molecular complexity index is 904. The van der Waals surface area contributed by atoms with E-state index in [0.29, 0.717) is 18.9 Å². The van der Waals surface area contributed by atoms with Gasteiger partial charge in [0, 0.05) is 11.0 Å². The summed E-state index contributed by atoms with van der Waals surface area (Å²) in [5.41, 5.74) is -0.192. The number of fused-ring (bicyclic) bond motifs is 4. The van der Waals surface area contributed by atoms with Crippen LogP contribution in [0.3, 0.4) is 0 Å². The average Bonchev–Trinajstić information content (AvgIpc) is 3.49. The van der Waals surface area contributed by atoms with Gasteiger partial charge in [-0.05, 0) is 43.1 Å². The van der Waals surface area contributed by atoms with Gasteiger partial charge in [-0.25, -0.2) is 4.79 Å². The average molecular weight is 370 g/mol. The Morgan fingerprint density at radius 3 is 2.78 bits per heavy atom. The number of esters is 1. The highest BCUT2D eigenvalue weighted by molar-refractivity contribution is 6.05. The van der Waals surface area contributed by atoms with Crippen molar-refractivity contribution in [3.05, 3.63) is 11.1 Å². The minimum atomic E-state index is -0.799. The maximum Gasteiger partial charge on any atom is 0.334 e. The Balaban J connectivity index is 1.26. The number of Topliss-reactive ketones (excluding diaryl/α,β-unsaturated/α-hetero) is 1. The van der Waals surface area contributed by atoms with E-state index in [0.717, 1.165) is 30.4 Å². The van der Waals surface area contributed by atoms with Crippen molar-refractivity contribution >= 4 is 11.8 Å². The molecule has 3 saturated carbocycles. The number of ketones is 1. The molecule has 8 aliphatic rings. The summed E-state index contributed by atoms with van der Waals surface area (Å²) in [4.78, 5) is 25.9. The van der Waals surface area contributed by atoms with E-state index in [1.54, 1.807) is 0 Å². The molecular formula is C21H22O6. The first kappa shape index (κ1) is 14.7. The summed E-state index contributed by atoms with van der Waals surface area (Å²) >= 11 is 0. The first-order valence-electron chi connectivity index (χ1n) is 10.5. The van der Waals surface area contributed by atoms with Gasteiger partial charge in [0.2, 0.25) is 5.78 Å². The van der Waals surface area contributed by atoms with E-state index in [9.17, 15) is 9.59 Å². The molecular weight excluding hydrogens is 348 g/mol. The molecule has 6 nitrogen and oxygen atoms in total. The van der Waals surface area contributed by atoms with Gasteiger partial charge in [-0.3, -0.25) is 4.79 Å². The summed E-state index contributed by atoms with van der Waals surface area (Å²) < 4.78 is 24.3. The zero-order valence-corrected chi connectivity index (χ0v) is 15.3. The van der Waals surface area contributed by atoms with Crippen molar-refractivity contribution in [2.45, 2.75) is 80.6 Å². The van der Waals surface area contributed by atoms with Crippen molar-refractivity contribution in [2.24, 2.45) is 17.3 Å². The highest BCUT2D eigenvalue weighted by atomic mass is 16.7. The fourth-order valence-corrected chi connectivity index (χ4v) is 7.75. The highest BCUT2D eigenvalue weighted by Gasteiger charge is 3.00. The van der Waals surface area contributed by atoms with Gasteiger partial charge < -0.3 is 18.9 Å². The van der Waals surface area contributed by atoms with E-state index in [1.165, 1.54) is 12.8 Å². The van der Waals surface area contributed by atoms with Gasteiger partial charge >= 0.3 is 5.97 Å². The van der Waals surface area contributed by atoms with Crippen LogP contribution >= 0.6 is 0 Å². The van der Waals surface area contributed by atoms with Crippen LogP contribution < -0.4 is 0 Å². The predicted octanol–water partition coefficient (Wildman–Crippen LogP) is 1.46. The van der Waals surface area contributed by atoms with Crippen LogP contribution in [0.4, 0.5) is 0 Å². The maximum absolute atomic E-state index is 13.8. The summed E-state index contributed by atoms with van der Waals surface area (Å²) in [6.07, 6.45) is 5.40. The lowest BCUT2D eigenvalue weighted by molar-refractivity contribution is -0.138. The van der Waals surface area contributed by atoms with Crippen molar-refractivity contribution in [3.8, 4) is 0 Å². The van der Waals surface area contributed by atoms with E-state index in [4.69, 9.17) is 18.9 Å². The van der Waals surface area contributed by atoms with Crippen LogP contribution in [0.25, 0.3) is 0 Å². The Morgan fingerprint density at radius 2 is 1.96 bits per heavy atom. The molecule has 27 heavy (non-hydrogen) atoms. The van der Waals surface area contributed by atoms with E-state index in [2.05, 4.69) is 6.92 Å². The molecule has 0 amide bonds. The molecule has 8 rings (SSSR count). The number of carbonyl (C=O) groups is 2. The Hall–Kier alpha value is -1.24. The minimum absolute atomic E-state index is 0.0353. The van der Waals surface area contributed by atoms with Crippen molar-refractivity contribution in [2.75, 3.05) is 6.61 Å². The number of rotatable bonds is 2. The lowest BCUT2D eigenvalue weighted by atomic mass is 9.47. The Labute approximate surface area is 156 Å². The molecule has 3 saturated heterocycles. The van der Waals surface area contributed by atoms with Gasteiger partial charge in [0.05, 0.1) is 6.10 Å². The molecule has 6 heteroatoms. The molecule has 0 bridgehead atoms. The molecule has 4 heterocycles. The van der Waals surface area contributed by atoms with E-state index < -0.39 is 16.8 Å². The Morgan fingerprint density at radius 1 is 1.11 bits per heavy atom. The third kappa shape index (κ3) is 1.26. The molecule has 4 aliphatic heterocycles. The van der Waals surface area contributed by atoms with Crippen molar-refractivity contribution in [1.29, 1.82) is 0 Å². The molecule has 0 radical (unpaired) electrons. The SMILES string of the molecule is C[C@]12CCC3=C(COC3=O)C1C[C@@H]1O[C@@]13C(=O)[C@@]1(CC4CC4)O[C@H]1[C@@H]1O[C@]123. The fourth-order valence-electron chi connectivity index (χ4n) is 7.75. The second-order valence-corrected chi connectivity index (χ2v) is 10.3. The van der Waals surface area contributed by atoms with Crippen LogP contribution in [0.1, 0.15) is 45.4 Å². The topological polar surface area (TPSA) is 81.0 Å². The molecule has 0 N–H and O–H groups in total. The predicted molar refractivity (Wildman–Crippen MR) is 88.6 cm³/mol. The van der Waals surface area contributed by atoms with Crippen LogP contribution in [0, 0.1) is 17.3 Å². The van der Waals surface area contributed by atoms with Gasteiger partial charge in [0.25, 0.3) is 0 Å². The van der Waals surface area contributed by atoms with Crippen LogP contribution in [0.15, 0.2) is 11.1 Å². The normalized spacial score (nSPS) is 61.1. The first-order chi connectivity index (χ1) is 13.0. The fraction of sp³-hybridized carbons (Fsp3) is 0.810. The van der Waals surface area contributed by atoms with Gasteiger partial charge in [0.1, 0.15) is 24.4 Å². The number of hydrogen-bond acceptors (Lipinski definition) is 6. The van der Waals surface area contributed by atoms with E-state index in [-0.39, 0.29) is 41.4 Å². The number of cyclic esters (lactones) is 1. The van der Waals surface area contributed by atoms with Crippen molar-refractivity contribution in [1.82, 2.24) is 0 Å². The lowest BCUT2D eigenvalue weighted by Crippen LogP contribution is -2.67. The lowest BCUT2D eigenvalue weighted by Gasteiger charge is -2.51. The number of ether oxygens (including phenoxy) is 4. The maximum atomic E-state index is 13.8. The number of hydrogen-bond donors (Lipinski definition) is 0. The van der Waals surface area contributed by atoms with Crippen molar-refractivity contribution in [3.63, 3.8) is 0 Å². The minimum Gasteiger partial charge on any atom is -0.458 e. The summed E-state index contributed by atoms with van der Waals surface area (Å²) in [6.45, 7) is 2.65. The molecule has 4 aliphatic carbocycles. The summed E-state index contributed by atoms with van der Waals surface area (Å²) in [6, 6.07) is 0. The molecule has 8 atom stereocenters. The first-order valence-corrected chi connectivity index (χ1v) is 10.5. The molecule has 2 spiro atoms. The molecule has 6 fully saturated rings. The molecule has 0 aromatic carbocycles. The molecule has 142 valence electrons. The van der Waals surface area contributed by atoms with Gasteiger partial charge in [-0.15, -0.1) is 0 Å². The number of carbonyl (C=O) groups excluding carboxylic acids is 2. The third-order valence-corrected chi connectivity index (χ3v) is 9.33. The highest BCUT2D eigenvalue weighted by Crippen LogP contribution is 2.81. The molecule has 1 unspecified atom stereocenters. The zero-order chi connectivity index (χ0) is 18.0. The van der Waals surface area contributed by atoms with Crippen LogP contribution in [-0.2, 0) is 28.5 Å². The van der Waals surface area contributed by atoms with E-state index >= 15 is 0 Å². The van der Waals surface area contributed by atoms with Gasteiger partial charge in [-0.2, -0.15) is 0 Å². The van der Waals surface area contributed by atoms with Crippen LogP contribution in [0.2, 0.25) is 0 Å². The van der Waals surface area contributed by atoms with E-state index in [1.807, 2.05) is 0 Å². The largest absolute Gasteiger partial charge is 0.458 e. The Kier molecular flexibility index (Phi) is 2.06. The monoisotopic (exact) mass is 370 g/mol. The second-order valence-electron chi connectivity index (χ2n) is 10.3. The van der Waals surface area contributed by atoms with Crippen LogP contribution in [-0.4, -0.2) is 53.5 Å². The summed E-state index contributed by atoms with van der Waals surface area (Å²) in [7, 11) is 0. The standard InChI is InChI=1S/C21H22O6/c1-18-5-4-10-11(8-24-16(10)22)12(18)6-13-20(25-13)17(23)19(7-9-2-3-9)14(26-19)15-21(18,20)27-15/h9,12-15H,2-8H2,1H3/t12?,13-,14-,15-,18-,19-,20+,21+/m0/s1. The molecule has 0 aromatic heterocycles.